The van der Waals surface area contributed by atoms with Crippen LogP contribution in [-0.2, 0) is 4.79 Å². The van der Waals surface area contributed by atoms with E-state index in [0.717, 1.165) is 12.8 Å². The number of carbonyl (C=O) groups is 3. The number of hydrogen-bond donors (Lipinski definition) is 1. The molecule has 0 saturated heterocycles. The molecule has 2 aliphatic rings. The van der Waals surface area contributed by atoms with Gasteiger partial charge in [0.25, 0.3) is 0 Å². The number of benzene rings is 2. The van der Waals surface area contributed by atoms with Crippen molar-refractivity contribution in [2.75, 3.05) is 18.5 Å². The van der Waals surface area contributed by atoms with E-state index in [-0.39, 0.29) is 36.2 Å². The number of anilines is 1. The molecule has 28 heavy (non-hydrogen) atoms. The van der Waals surface area contributed by atoms with Gasteiger partial charge in [-0.1, -0.05) is 0 Å². The second-order valence-electron chi connectivity index (χ2n) is 7.05. The van der Waals surface area contributed by atoms with Gasteiger partial charge in [0, 0.05) is 35.6 Å². The third-order valence-corrected chi connectivity index (χ3v) is 4.84. The van der Waals surface area contributed by atoms with Crippen molar-refractivity contribution in [3.63, 3.8) is 0 Å². The molecular formula is C22H21NO5. The minimum absolute atomic E-state index is 0.0794. The fraction of sp³-hybridized carbons (Fsp3) is 0.318. The number of rotatable bonds is 7. The third-order valence-electron chi connectivity index (χ3n) is 4.84. The third kappa shape index (κ3) is 4.22. The molecule has 0 radical (unpaired) electrons. The maximum absolute atomic E-state index is 12.4. The van der Waals surface area contributed by atoms with E-state index in [0.29, 0.717) is 41.5 Å². The summed E-state index contributed by atoms with van der Waals surface area (Å²) in [6.45, 7) is 0.953. The number of carbonyl (C=O) groups excluding carboxylic acids is 3. The lowest BCUT2D eigenvalue weighted by Crippen LogP contribution is -2.16. The summed E-state index contributed by atoms with van der Waals surface area (Å²) in [6.07, 6.45) is 2.11. The summed E-state index contributed by atoms with van der Waals surface area (Å²) in [4.78, 5) is 36.5. The fourth-order valence-corrected chi connectivity index (χ4v) is 3.11. The highest BCUT2D eigenvalue weighted by atomic mass is 16.6. The van der Waals surface area contributed by atoms with Crippen LogP contribution < -0.4 is 14.8 Å². The summed E-state index contributed by atoms with van der Waals surface area (Å²) in [5, 5.41) is 2.76. The Morgan fingerprint density at radius 3 is 2.25 bits per heavy atom. The molecule has 6 heteroatoms. The van der Waals surface area contributed by atoms with Gasteiger partial charge in [-0.05, 0) is 55.3 Å². The number of amides is 1. The molecular weight excluding hydrogens is 358 g/mol. The highest BCUT2D eigenvalue weighted by Gasteiger charge is 2.30. The number of ether oxygens (including phenoxy) is 2. The number of Topliss-reactive ketones (excluding diaryl/α,β-unsaturated/α-hetero) is 2. The molecule has 1 amide bonds. The maximum Gasteiger partial charge on any atom is 0.224 e. The summed E-state index contributed by atoms with van der Waals surface area (Å²) < 4.78 is 10.9. The van der Waals surface area contributed by atoms with Crippen LogP contribution >= 0.6 is 0 Å². The van der Waals surface area contributed by atoms with Gasteiger partial charge in [0.05, 0.1) is 0 Å². The van der Waals surface area contributed by atoms with E-state index in [1.807, 2.05) is 0 Å². The highest BCUT2D eigenvalue weighted by molar-refractivity contribution is 6.01. The van der Waals surface area contributed by atoms with Gasteiger partial charge in [-0.2, -0.15) is 0 Å². The van der Waals surface area contributed by atoms with E-state index in [9.17, 15) is 14.4 Å². The van der Waals surface area contributed by atoms with Crippen LogP contribution in [0, 0.1) is 5.92 Å². The molecule has 0 bridgehead atoms. The first-order valence-electron chi connectivity index (χ1n) is 9.47. The van der Waals surface area contributed by atoms with Crippen LogP contribution in [0.2, 0.25) is 0 Å². The molecule has 1 heterocycles. The maximum atomic E-state index is 12.4. The van der Waals surface area contributed by atoms with E-state index in [1.54, 1.807) is 42.5 Å². The van der Waals surface area contributed by atoms with Crippen LogP contribution in [0.25, 0.3) is 0 Å². The first kappa shape index (κ1) is 18.2. The van der Waals surface area contributed by atoms with Crippen LogP contribution in [0.1, 0.15) is 46.4 Å². The second-order valence-corrected chi connectivity index (χ2v) is 7.05. The first-order valence-corrected chi connectivity index (χ1v) is 9.47. The lowest BCUT2D eigenvalue weighted by Gasteiger charge is -2.18. The number of fused-ring (bicyclic) bond motifs is 1. The van der Waals surface area contributed by atoms with Gasteiger partial charge < -0.3 is 14.8 Å². The SMILES string of the molecule is O=C(CCC(=O)c1ccc2c(c1)OCCO2)Nc1ccc(C(=O)C2CC2)cc1. The summed E-state index contributed by atoms with van der Waals surface area (Å²) in [7, 11) is 0. The van der Waals surface area contributed by atoms with Crippen LogP contribution in [0.5, 0.6) is 11.5 Å². The molecule has 1 N–H and O–H groups in total. The molecule has 144 valence electrons. The van der Waals surface area contributed by atoms with Crippen molar-refractivity contribution in [1.82, 2.24) is 0 Å². The molecule has 1 saturated carbocycles. The molecule has 1 aliphatic heterocycles. The Hall–Kier alpha value is -3.15. The van der Waals surface area contributed by atoms with E-state index in [2.05, 4.69) is 5.32 Å². The van der Waals surface area contributed by atoms with E-state index in [4.69, 9.17) is 9.47 Å². The van der Waals surface area contributed by atoms with Crippen molar-refractivity contribution >= 4 is 23.2 Å². The van der Waals surface area contributed by atoms with E-state index < -0.39 is 0 Å². The van der Waals surface area contributed by atoms with Crippen LogP contribution in [0.3, 0.4) is 0 Å². The molecule has 4 rings (SSSR count). The monoisotopic (exact) mass is 379 g/mol. The molecule has 2 aromatic carbocycles. The summed E-state index contributed by atoms with van der Waals surface area (Å²) >= 11 is 0. The summed E-state index contributed by atoms with van der Waals surface area (Å²) in [5.74, 6) is 1.16. The predicted octanol–water partition coefficient (Wildman–Crippen LogP) is 3.65. The van der Waals surface area contributed by atoms with Crippen molar-refractivity contribution in [2.45, 2.75) is 25.7 Å². The Morgan fingerprint density at radius 2 is 1.54 bits per heavy atom. The minimum atomic E-state index is -0.243. The van der Waals surface area contributed by atoms with Crippen molar-refractivity contribution in [2.24, 2.45) is 5.92 Å². The highest BCUT2D eigenvalue weighted by Crippen LogP contribution is 2.33. The topological polar surface area (TPSA) is 81.7 Å². The lowest BCUT2D eigenvalue weighted by molar-refractivity contribution is -0.116. The van der Waals surface area contributed by atoms with Gasteiger partial charge in [-0.25, -0.2) is 0 Å². The second kappa shape index (κ2) is 7.84. The van der Waals surface area contributed by atoms with E-state index in [1.165, 1.54) is 0 Å². The zero-order valence-corrected chi connectivity index (χ0v) is 15.4. The summed E-state index contributed by atoms with van der Waals surface area (Å²) in [5.41, 5.74) is 1.79. The predicted molar refractivity (Wildman–Crippen MR) is 103 cm³/mol. The molecule has 0 aromatic heterocycles. The van der Waals surface area contributed by atoms with Gasteiger partial charge in [-0.3, -0.25) is 14.4 Å². The zero-order chi connectivity index (χ0) is 19.5. The molecule has 0 spiro atoms. The van der Waals surface area contributed by atoms with Gasteiger partial charge in [0.1, 0.15) is 13.2 Å². The molecule has 0 unspecified atom stereocenters. The van der Waals surface area contributed by atoms with Gasteiger partial charge in [-0.15, -0.1) is 0 Å². The van der Waals surface area contributed by atoms with Crippen LogP contribution in [0.4, 0.5) is 5.69 Å². The average Bonchev–Trinajstić information content (AvgIpc) is 3.57. The standard InChI is InChI=1S/C22H21NO5/c24-18(16-5-9-19-20(13-16)28-12-11-27-19)8-10-21(25)23-17-6-3-15(4-7-17)22(26)14-1-2-14/h3-7,9,13-14H,1-2,8,10-12H2,(H,23,25). The Kier molecular flexibility index (Phi) is 5.10. The minimum Gasteiger partial charge on any atom is -0.486 e. The zero-order valence-electron chi connectivity index (χ0n) is 15.4. The Labute approximate surface area is 162 Å². The Morgan fingerprint density at radius 1 is 0.857 bits per heavy atom. The lowest BCUT2D eigenvalue weighted by atomic mass is 10.1. The fourth-order valence-electron chi connectivity index (χ4n) is 3.11. The first-order chi connectivity index (χ1) is 13.6. The van der Waals surface area contributed by atoms with Crippen molar-refractivity contribution in [1.29, 1.82) is 0 Å². The van der Waals surface area contributed by atoms with Crippen molar-refractivity contribution in [3.8, 4) is 11.5 Å². The largest absolute Gasteiger partial charge is 0.486 e. The van der Waals surface area contributed by atoms with Gasteiger partial charge in [0.15, 0.2) is 23.1 Å². The van der Waals surface area contributed by atoms with Crippen LogP contribution in [0.15, 0.2) is 42.5 Å². The molecule has 2 aromatic rings. The summed E-state index contributed by atoms with van der Waals surface area (Å²) in [6, 6.07) is 12.0. The normalized spacial score (nSPS) is 15.0. The van der Waals surface area contributed by atoms with Crippen molar-refractivity contribution in [3.05, 3.63) is 53.6 Å². The van der Waals surface area contributed by atoms with Crippen LogP contribution in [-0.4, -0.2) is 30.7 Å². The van der Waals surface area contributed by atoms with E-state index >= 15 is 0 Å². The number of hydrogen-bond acceptors (Lipinski definition) is 5. The molecule has 6 nitrogen and oxygen atoms in total. The smallest absolute Gasteiger partial charge is 0.224 e. The van der Waals surface area contributed by atoms with Gasteiger partial charge >= 0.3 is 0 Å². The number of ketones is 2. The molecule has 1 aliphatic carbocycles. The molecule has 0 atom stereocenters. The Bertz CT molecular complexity index is 915. The van der Waals surface area contributed by atoms with Crippen molar-refractivity contribution < 1.29 is 23.9 Å². The molecule has 1 fully saturated rings. The average molecular weight is 379 g/mol. The number of nitrogens with one attached hydrogen (secondary N) is 1. The quantitative estimate of drug-likeness (QED) is 0.743. The van der Waals surface area contributed by atoms with Gasteiger partial charge in [0.2, 0.25) is 5.91 Å². The Balaban J connectivity index is 1.29.